The first-order valence-electron chi connectivity index (χ1n) is 8.97. The Bertz CT molecular complexity index is 1100. The highest BCUT2D eigenvalue weighted by molar-refractivity contribution is 5.93. The molecule has 0 bridgehead atoms. The third kappa shape index (κ3) is 4.45. The molecule has 9 heteroatoms. The average Bonchev–Trinajstić information content (AvgIpc) is 3.12. The molecule has 7 nitrogen and oxygen atoms in total. The number of aliphatic carboxylic acids is 1. The fraction of sp³-hybridized carbons (Fsp3) is 0.190. The number of para-hydroxylation sites is 1. The molecular formula is C21H19F2N3O4. The van der Waals surface area contributed by atoms with Gasteiger partial charge in [-0.25, -0.2) is 8.78 Å². The van der Waals surface area contributed by atoms with E-state index in [1.165, 1.54) is 49.6 Å². The van der Waals surface area contributed by atoms with Crippen LogP contribution in [0.1, 0.15) is 34.1 Å². The summed E-state index contributed by atoms with van der Waals surface area (Å²) in [6, 6.07) is 10.1. The maximum Gasteiger partial charge on any atom is 0.305 e. The van der Waals surface area contributed by atoms with Gasteiger partial charge >= 0.3 is 5.97 Å². The lowest BCUT2D eigenvalue weighted by atomic mass is 9.98. The summed E-state index contributed by atoms with van der Waals surface area (Å²) in [5, 5.41) is 15.9. The van der Waals surface area contributed by atoms with Crippen molar-refractivity contribution in [1.82, 2.24) is 15.1 Å². The van der Waals surface area contributed by atoms with Gasteiger partial charge in [-0.3, -0.25) is 9.59 Å². The fourth-order valence-corrected chi connectivity index (χ4v) is 3.09. The average molecular weight is 415 g/mol. The molecule has 3 aromatic rings. The number of aromatic nitrogens is 2. The van der Waals surface area contributed by atoms with E-state index < -0.39 is 36.0 Å². The minimum atomic E-state index is -1.14. The third-order valence-electron chi connectivity index (χ3n) is 4.49. The number of aryl methyl sites for hydroxylation is 1. The smallest absolute Gasteiger partial charge is 0.305 e. The standard InChI is InChI=1S/C21H19F2N3O4/c1-12-9-13(22)7-8-14(12)16(11-20(27)28)24-21(29)17-10-19(30-2)26(25-17)18-6-4-3-5-15(18)23/h3-10,16H,11H2,1-2H3,(H,24,29)(H,27,28). The SMILES string of the molecule is COc1cc(C(=O)NC(CC(=O)O)c2ccc(F)cc2C)nn1-c1ccccc1F. The predicted octanol–water partition coefficient (Wildman–Crippen LogP) is 3.41. The van der Waals surface area contributed by atoms with E-state index in [9.17, 15) is 23.5 Å². The summed E-state index contributed by atoms with van der Waals surface area (Å²) in [5.74, 6) is -2.73. The molecule has 1 atom stereocenters. The molecule has 2 aromatic carbocycles. The van der Waals surface area contributed by atoms with Gasteiger partial charge in [-0.2, -0.15) is 9.78 Å². The molecule has 0 saturated heterocycles. The van der Waals surface area contributed by atoms with Crippen LogP contribution in [0.25, 0.3) is 5.69 Å². The first kappa shape index (κ1) is 21.0. The van der Waals surface area contributed by atoms with E-state index in [1.54, 1.807) is 13.0 Å². The van der Waals surface area contributed by atoms with Crippen LogP contribution in [0.4, 0.5) is 8.78 Å². The summed E-state index contributed by atoms with van der Waals surface area (Å²) < 4.78 is 33.9. The Morgan fingerprint density at radius 1 is 1.20 bits per heavy atom. The number of carboxylic acids is 1. The number of carbonyl (C=O) groups is 2. The van der Waals surface area contributed by atoms with Crippen molar-refractivity contribution >= 4 is 11.9 Å². The Morgan fingerprint density at radius 2 is 1.93 bits per heavy atom. The van der Waals surface area contributed by atoms with Crippen molar-refractivity contribution in [2.24, 2.45) is 0 Å². The van der Waals surface area contributed by atoms with E-state index in [-0.39, 0.29) is 17.3 Å². The van der Waals surface area contributed by atoms with Crippen LogP contribution in [0, 0.1) is 18.6 Å². The molecule has 156 valence electrons. The van der Waals surface area contributed by atoms with Crippen LogP contribution in [-0.2, 0) is 4.79 Å². The molecule has 0 fully saturated rings. The number of benzene rings is 2. The largest absolute Gasteiger partial charge is 0.481 e. The van der Waals surface area contributed by atoms with Crippen LogP contribution in [0.3, 0.4) is 0 Å². The van der Waals surface area contributed by atoms with Gasteiger partial charge in [0.15, 0.2) is 5.69 Å². The molecule has 1 unspecified atom stereocenters. The molecule has 0 aliphatic carbocycles. The van der Waals surface area contributed by atoms with Gasteiger partial charge in [0.05, 0.1) is 19.6 Å². The molecule has 30 heavy (non-hydrogen) atoms. The Hall–Kier alpha value is -3.75. The number of hydrogen-bond acceptors (Lipinski definition) is 4. The summed E-state index contributed by atoms with van der Waals surface area (Å²) in [6.07, 6.45) is -0.413. The monoisotopic (exact) mass is 415 g/mol. The van der Waals surface area contributed by atoms with E-state index in [4.69, 9.17) is 4.74 Å². The van der Waals surface area contributed by atoms with Crippen LogP contribution in [0.2, 0.25) is 0 Å². The van der Waals surface area contributed by atoms with Crippen LogP contribution < -0.4 is 10.1 Å². The molecule has 0 aliphatic rings. The summed E-state index contributed by atoms with van der Waals surface area (Å²) in [6.45, 7) is 1.62. The number of ether oxygens (including phenoxy) is 1. The molecule has 1 amide bonds. The van der Waals surface area contributed by atoms with E-state index in [2.05, 4.69) is 10.4 Å². The number of rotatable bonds is 7. The lowest BCUT2D eigenvalue weighted by molar-refractivity contribution is -0.137. The van der Waals surface area contributed by atoms with Gasteiger partial charge in [-0.15, -0.1) is 0 Å². The molecule has 0 saturated carbocycles. The molecule has 3 rings (SSSR count). The highest BCUT2D eigenvalue weighted by Crippen LogP contribution is 2.24. The number of halogens is 2. The fourth-order valence-electron chi connectivity index (χ4n) is 3.09. The number of nitrogens with one attached hydrogen (secondary N) is 1. The maximum atomic E-state index is 14.1. The molecule has 1 aromatic heterocycles. The number of amides is 1. The first-order chi connectivity index (χ1) is 14.3. The van der Waals surface area contributed by atoms with Crippen molar-refractivity contribution in [3.8, 4) is 11.6 Å². The second kappa shape index (κ2) is 8.73. The van der Waals surface area contributed by atoms with Crippen molar-refractivity contribution in [2.75, 3.05) is 7.11 Å². The lowest BCUT2D eigenvalue weighted by Gasteiger charge is -2.19. The van der Waals surface area contributed by atoms with E-state index >= 15 is 0 Å². The second-order valence-corrected chi connectivity index (χ2v) is 6.56. The van der Waals surface area contributed by atoms with Gasteiger partial charge in [-0.1, -0.05) is 18.2 Å². The molecule has 0 aliphatic heterocycles. The van der Waals surface area contributed by atoms with Crippen molar-refractivity contribution < 1.29 is 28.2 Å². The van der Waals surface area contributed by atoms with Crippen molar-refractivity contribution in [3.63, 3.8) is 0 Å². The van der Waals surface area contributed by atoms with Crippen LogP contribution >= 0.6 is 0 Å². The van der Waals surface area contributed by atoms with Crippen molar-refractivity contribution in [3.05, 3.63) is 77.0 Å². The zero-order chi connectivity index (χ0) is 21.8. The van der Waals surface area contributed by atoms with Gasteiger partial charge in [0, 0.05) is 6.07 Å². The highest BCUT2D eigenvalue weighted by atomic mass is 19.1. The Balaban J connectivity index is 1.93. The predicted molar refractivity (Wildman–Crippen MR) is 104 cm³/mol. The zero-order valence-electron chi connectivity index (χ0n) is 16.2. The quantitative estimate of drug-likeness (QED) is 0.617. The molecule has 0 spiro atoms. The van der Waals surface area contributed by atoms with Gasteiger partial charge < -0.3 is 15.2 Å². The minimum Gasteiger partial charge on any atom is -0.481 e. The summed E-state index contributed by atoms with van der Waals surface area (Å²) >= 11 is 0. The molecule has 2 N–H and O–H groups in total. The van der Waals surface area contributed by atoms with Gasteiger partial charge in [-0.05, 0) is 42.3 Å². The van der Waals surface area contributed by atoms with Crippen molar-refractivity contribution in [2.45, 2.75) is 19.4 Å². The molecular weight excluding hydrogens is 396 g/mol. The lowest BCUT2D eigenvalue weighted by Crippen LogP contribution is -2.31. The summed E-state index contributed by atoms with van der Waals surface area (Å²) in [7, 11) is 1.35. The number of methoxy groups -OCH3 is 1. The van der Waals surface area contributed by atoms with Crippen LogP contribution in [-0.4, -0.2) is 33.9 Å². The third-order valence-corrected chi connectivity index (χ3v) is 4.49. The highest BCUT2D eigenvalue weighted by Gasteiger charge is 2.24. The number of nitrogens with zero attached hydrogens (tertiary/aromatic N) is 2. The van der Waals surface area contributed by atoms with Gasteiger partial charge in [0.1, 0.15) is 17.3 Å². The number of carboxylic acid groups (broad SMARTS) is 1. The minimum absolute atomic E-state index is 0.0878. The Kier molecular flexibility index (Phi) is 6.10. The number of carbonyl (C=O) groups excluding carboxylic acids is 1. The van der Waals surface area contributed by atoms with Crippen molar-refractivity contribution in [1.29, 1.82) is 0 Å². The molecule has 1 heterocycles. The number of hydrogen-bond donors (Lipinski definition) is 2. The molecule has 0 radical (unpaired) electrons. The summed E-state index contributed by atoms with van der Waals surface area (Å²) in [5.41, 5.74) is 0.957. The second-order valence-electron chi connectivity index (χ2n) is 6.56. The topological polar surface area (TPSA) is 93.4 Å². The Morgan fingerprint density at radius 3 is 2.57 bits per heavy atom. The van der Waals surface area contributed by atoms with Gasteiger partial charge in [0.25, 0.3) is 5.91 Å². The zero-order valence-corrected chi connectivity index (χ0v) is 16.2. The maximum absolute atomic E-state index is 14.1. The van der Waals surface area contributed by atoms with Crippen LogP contribution in [0.5, 0.6) is 5.88 Å². The van der Waals surface area contributed by atoms with Gasteiger partial charge in [0.2, 0.25) is 5.88 Å². The summed E-state index contributed by atoms with van der Waals surface area (Å²) in [4.78, 5) is 24.1. The van der Waals surface area contributed by atoms with E-state index in [0.29, 0.717) is 11.1 Å². The Labute approximate surface area is 170 Å². The normalized spacial score (nSPS) is 11.7. The van der Waals surface area contributed by atoms with E-state index in [0.717, 1.165) is 4.68 Å². The van der Waals surface area contributed by atoms with E-state index in [1.807, 2.05) is 0 Å². The van der Waals surface area contributed by atoms with Crippen LogP contribution in [0.15, 0.2) is 48.5 Å². The first-order valence-corrected chi connectivity index (χ1v) is 8.97.